The SMILES string of the molecule is CC1(N)CC2CC(OCc3cc(C(F)(F)F)cc(C(F)(F)F)c3)CN2C1=O. The van der Waals surface area contributed by atoms with Crippen LogP contribution < -0.4 is 5.73 Å². The first-order chi connectivity index (χ1) is 12.3. The maximum Gasteiger partial charge on any atom is 0.416 e. The molecule has 0 spiro atoms. The van der Waals surface area contributed by atoms with E-state index in [2.05, 4.69) is 0 Å². The van der Waals surface area contributed by atoms with Crippen LogP contribution in [0.25, 0.3) is 0 Å². The zero-order chi connectivity index (χ0) is 20.2. The van der Waals surface area contributed by atoms with E-state index in [0.29, 0.717) is 25.0 Å². The number of carbonyl (C=O) groups excluding carboxylic acids is 1. The Kier molecular flexibility index (Phi) is 4.70. The average molecular weight is 396 g/mol. The molecule has 0 bridgehead atoms. The van der Waals surface area contributed by atoms with Gasteiger partial charge in [0.25, 0.3) is 0 Å². The van der Waals surface area contributed by atoms with Gasteiger partial charge in [-0.1, -0.05) is 0 Å². The summed E-state index contributed by atoms with van der Waals surface area (Å²) in [5, 5.41) is 0. The summed E-state index contributed by atoms with van der Waals surface area (Å²) >= 11 is 0. The van der Waals surface area contributed by atoms with Crippen LogP contribution >= 0.6 is 0 Å². The highest BCUT2D eigenvalue weighted by Crippen LogP contribution is 2.38. The van der Waals surface area contributed by atoms with Crippen LogP contribution in [0.3, 0.4) is 0 Å². The van der Waals surface area contributed by atoms with Crippen LogP contribution in [0.2, 0.25) is 0 Å². The number of carbonyl (C=O) groups is 1. The lowest BCUT2D eigenvalue weighted by molar-refractivity contribution is -0.143. The second kappa shape index (κ2) is 6.37. The third-order valence-corrected chi connectivity index (χ3v) is 4.92. The van der Waals surface area contributed by atoms with Gasteiger partial charge >= 0.3 is 12.4 Å². The topological polar surface area (TPSA) is 55.6 Å². The van der Waals surface area contributed by atoms with E-state index in [1.165, 1.54) is 0 Å². The van der Waals surface area contributed by atoms with Gasteiger partial charge in [0.1, 0.15) is 0 Å². The molecule has 3 rings (SSSR count). The standard InChI is InChI=1S/C17H18F6N2O2/c1-15(24)6-12-5-13(7-25(12)14(15)26)27-8-9-2-10(16(18,19)20)4-11(3-9)17(21,22)23/h2-4,12-13H,5-8,24H2,1H3. The van der Waals surface area contributed by atoms with Gasteiger partial charge in [0, 0.05) is 12.6 Å². The molecule has 1 amide bonds. The minimum absolute atomic E-state index is 0.0793. The molecular weight excluding hydrogens is 378 g/mol. The zero-order valence-corrected chi connectivity index (χ0v) is 14.3. The van der Waals surface area contributed by atoms with Crippen molar-refractivity contribution in [3.05, 3.63) is 34.9 Å². The van der Waals surface area contributed by atoms with Crippen molar-refractivity contribution in [1.29, 1.82) is 0 Å². The minimum atomic E-state index is -4.90. The summed E-state index contributed by atoms with van der Waals surface area (Å²) < 4.78 is 82.8. The van der Waals surface area contributed by atoms with Crippen LogP contribution in [0, 0.1) is 0 Å². The quantitative estimate of drug-likeness (QED) is 0.798. The van der Waals surface area contributed by atoms with Crippen molar-refractivity contribution < 1.29 is 35.9 Å². The first kappa shape index (κ1) is 19.9. The van der Waals surface area contributed by atoms with E-state index in [1.807, 2.05) is 0 Å². The summed E-state index contributed by atoms with van der Waals surface area (Å²) in [7, 11) is 0. The van der Waals surface area contributed by atoms with Gasteiger partial charge in [-0.05, 0) is 43.5 Å². The number of hydrogen-bond donors (Lipinski definition) is 1. The Morgan fingerprint density at radius 2 is 1.70 bits per heavy atom. The van der Waals surface area contributed by atoms with Crippen LogP contribution in [0.4, 0.5) is 26.3 Å². The molecule has 10 heteroatoms. The molecule has 3 atom stereocenters. The first-order valence-corrected chi connectivity index (χ1v) is 8.27. The second-order valence-electron chi connectivity index (χ2n) is 7.32. The summed E-state index contributed by atoms with van der Waals surface area (Å²) in [5.41, 5.74) is 1.97. The predicted molar refractivity (Wildman–Crippen MR) is 82.4 cm³/mol. The van der Waals surface area contributed by atoms with Crippen LogP contribution in [0.1, 0.15) is 36.5 Å². The van der Waals surface area contributed by atoms with Crippen LogP contribution in [-0.4, -0.2) is 35.0 Å². The van der Waals surface area contributed by atoms with Crippen LogP contribution in [0.5, 0.6) is 0 Å². The average Bonchev–Trinajstić information content (AvgIpc) is 3.00. The van der Waals surface area contributed by atoms with Crippen molar-refractivity contribution in [1.82, 2.24) is 4.90 Å². The number of amides is 1. The van der Waals surface area contributed by atoms with Gasteiger partial charge in [0.05, 0.1) is 29.4 Å². The molecular formula is C17H18F6N2O2. The van der Waals surface area contributed by atoms with Crippen molar-refractivity contribution >= 4 is 5.91 Å². The minimum Gasteiger partial charge on any atom is -0.372 e. The lowest BCUT2D eigenvalue weighted by Gasteiger charge is -2.20. The molecule has 2 heterocycles. The first-order valence-electron chi connectivity index (χ1n) is 8.27. The summed E-state index contributed by atoms with van der Waals surface area (Å²) in [5.74, 6) is -0.225. The highest BCUT2D eigenvalue weighted by molar-refractivity contribution is 5.88. The Hall–Kier alpha value is -1.81. The highest BCUT2D eigenvalue weighted by atomic mass is 19.4. The molecule has 150 valence electrons. The van der Waals surface area contributed by atoms with Gasteiger partial charge in [-0.15, -0.1) is 0 Å². The molecule has 1 aromatic carbocycles. The maximum absolute atomic E-state index is 12.9. The van der Waals surface area contributed by atoms with Gasteiger partial charge < -0.3 is 15.4 Å². The van der Waals surface area contributed by atoms with Crippen molar-refractivity contribution in [3.63, 3.8) is 0 Å². The van der Waals surface area contributed by atoms with Gasteiger partial charge in [-0.3, -0.25) is 4.79 Å². The molecule has 1 aromatic rings. The van der Waals surface area contributed by atoms with E-state index >= 15 is 0 Å². The Morgan fingerprint density at radius 3 is 2.19 bits per heavy atom. The Labute approximate surface area is 151 Å². The second-order valence-corrected chi connectivity index (χ2v) is 7.32. The normalized spacial score (nSPS) is 28.7. The lowest BCUT2D eigenvalue weighted by Crippen LogP contribution is -2.45. The zero-order valence-electron chi connectivity index (χ0n) is 14.3. The molecule has 2 aliphatic heterocycles. The van der Waals surface area contributed by atoms with E-state index in [0.717, 1.165) is 0 Å². The number of rotatable bonds is 3. The fourth-order valence-corrected chi connectivity index (χ4v) is 3.66. The van der Waals surface area contributed by atoms with E-state index < -0.39 is 41.7 Å². The fourth-order valence-electron chi connectivity index (χ4n) is 3.66. The van der Waals surface area contributed by atoms with E-state index in [1.54, 1.807) is 11.8 Å². The molecule has 0 saturated carbocycles. The molecule has 0 radical (unpaired) electrons. The smallest absolute Gasteiger partial charge is 0.372 e. The Balaban J connectivity index is 1.71. The number of ether oxygens (including phenoxy) is 1. The number of hydrogen-bond acceptors (Lipinski definition) is 3. The van der Waals surface area contributed by atoms with E-state index in [-0.39, 0.29) is 30.1 Å². The predicted octanol–water partition coefficient (Wildman–Crippen LogP) is 3.33. The van der Waals surface area contributed by atoms with Gasteiger partial charge in [-0.2, -0.15) is 26.3 Å². The van der Waals surface area contributed by atoms with Crippen molar-refractivity contribution in [2.24, 2.45) is 5.73 Å². The maximum atomic E-state index is 12.9. The number of halogens is 6. The summed E-state index contributed by atoms with van der Waals surface area (Å²) in [4.78, 5) is 13.7. The van der Waals surface area contributed by atoms with Crippen LogP contribution in [0.15, 0.2) is 18.2 Å². The Bertz CT molecular complexity index is 712. The van der Waals surface area contributed by atoms with Gasteiger partial charge in [-0.25, -0.2) is 0 Å². The number of nitrogens with zero attached hydrogens (tertiary/aromatic N) is 1. The van der Waals surface area contributed by atoms with Gasteiger partial charge in [0.2, 0.25) is 5.91 Å². The molecule has 4 nitrogen and oxygen atoms in total. The van der Waals surface area contributed by atoms with Gasteiger partial charge in [0.15, 0.2) is 0 Å². The molecule has 2 saturated heterocycles. The van der Waals surface area contributed by atoms with Crippen molar-refractivity contribution in [2.75, 3.05) is 6.54 Å². The van der Waals surface area contributed by atoms with E-state index in [9.17, 15) is 31.1 Å². The third kappa shape index (κ3) is 4.06. The third-order valence-electron chi connectivity index (χ3n) is 4.92. The number of fused-ring (bicyclic) bond motifs is 1. The summed E-state index contributed by atoms with van der Waals surface area (Å²) in [6.07, 6.45) is -9.37. The summed E-state index contributed by atoms with van der Waals surface area (Å²) in [6.45, 7) is 1.44. The molecule has 3 unspecified atom stereocenters. The molecule has 27 heavy (non-hydrogen) atoms. The molecule has 0 aromatic heterocycles. The van der Waals surface area contributed by atoms with Crippen LogP contribution in [-0.2, 0) is 28.5 Å². The number of nitrogens with two attached hydrogens (primary N) is 1. The summed E-state index contributed by atoms with van der Waals surface area (Å²) in [6, 6.07) is 1.25. The van der Waals surface area contributed by atoms with Crippen molar-refractivity contribution in [2.45, 2.75) is 56.4 Å². The van der Waals surface area contributed by atoms with E-state index in [4.69, 9.17) is 10.5 Å². The number of alkyl halides is 6. The molecule has 0 aliphatic carbocycles. The lowest BCUT2D eigenvalue weighted by atomic mass is 9.97. The van der Waals surface area contributed by atoms with Crippen molar-refractivity contribution in [3.8, 4) is 0 Å². The molecule has 2 fully saturated rings. The monoisotopic (exact) mass is 396 g/mol. The molecule has 2 aliphatic rings. The largest absolute Gasteiger partial charge is 0.416 e. The fraction of sp³-hybridized carbons (Fsp3) is 0.588. The molecule has 2 N–H and O–H groups in total. The highest BCUT2D eigenvalue weighted by Gasteiger charge is 2.50. The Morgan fingerprint density at radius 1 is 1.15 bits per heavy atom. The number of benzene rings is 1.